The van der Waals surface area contributed by atoms with Gasteiger partial charge in [-0.15, -0.1) is 0 Å². The van der Waals surface area contributed by atoms with E-state index in [1.165, 1.54) is 13.3 Å². The second-order valence-corrected chi connectivity index (χ2v) is 6.26. The van der Waals surface area contributed by atoms with Crippen LogP contribution in [0.3, 0.4) is 0 Å². The number of hydrogen-bond acceptors (Lipinski definition) is 4. The summed E-state index contributed by atoms with van der Waals surface area (Å²) in [5, 5.41) is 3.98. The van der Waals surface area contributed by atoms with Gasteiger partial charge < -0.3 is 9.47 Å². The van der Waals surface area contributed by atoms with Crippen LogP contribution < -0.4 is 14.9 Å². The number of methoxy groups -OCH3 is 2. The predicted octanol–water partition coefficient (Wildman–Crippen LogP) is 3.99. The van der Waals surface area contributed by atoms with Crippen LogP contribution in [0.1, 0.15) is 15.9 Å². The van der Waals surface area contributed by atoms with Gasteiger partial charge in [0.1, 0.15) is 11.5 Å². The molecular weight excluding hydrogens is 428 g/mol. The van der Waals surface area contributed by atoms with Crippen LogP contribution in [0.4, 0.5) is 0 Å². The molecule has 120 valence electrons. The first-order valence-corrected chi connectivity index (χ1v) is 8.14. The van der Waals surface area contributed by atoms with E-state index in [2.05, 4.69) is 42.4 Å². The molecule has 0 unspecified atom stereocenters. The number of carbonyl (C=O) groups is 1. The third-order valence-corrected chi connectivity index (χ3v) is 3.95. The third-order valence-electron chi connectivity index (χ3n) is 2.97. The minimum atomic E-state index is -0.367. The zero-order valence-corrected chi connectivity index (χ0v) is 15.6. The molecule has 0 atom stereocenters. The second kappa shape index (κ2) is 8.12. The Morgan fingerprint density at radius 3 is 2.30 bits per heavy atom. The van der Waals surface area contributed by atoms with Gasteiger partial charge in [0.25, 0.3) is 5.91 Å². The summed E-state index contributed by atoms with van der Waals surface area (Å²) in [6, 6.07) is 10.7. The van der Waals surface area contributed by atoms with Gasteiger partial charge in [-0.25, -0.2) is 5.43 Å². The first-order valence-electron chi connectivity index (χ1n) is 6.55. The molecule has 0 aromatic heterocycles. The largest absolute Gasteiger partial charge is 0.496 e. The Bertz CT molecular complexity index is 748. The molecule has 23 heavy (non-hydrogen) atoms. The summed E-state index contributed by atoms with van der Waals surface area (Å²) in [7, 11) is 3.08. The number of halogens is 2. The highest BCUT2D eigenvalue weighted by Crippen LogP contribution is 2.23. The molecule has 1 amide bonds. The Hall–Kier alpha value is -1.86. The topological polar surface area (TPSA) is 59.9 Å². The number of amides is 1. The first-order chi connectivity index (χ1) is 11.0. The fourth-order valence-electron chi connectivity index (χ4n) is 1.88. The molecule has 0 aliphatic heterocycles. The predicted molar refractivity (Wildman–Crippen MR) is 96.4 cm³/mol. The molecular formula is C16H14Br2N2O3. The Balaban J connectivity index is 2.16. The molecule has 2 rings (SSSR count). The molecule has 0 saturated heterocycles. The summed E-state index contributed by atoms with van der Waals surface area (Å²) >= 11 is 6.71. The number of hydrogen-bond donors (Lipinski definition) is 1. The van der Waals surface area contributed by atoms with Crippen LogP contribution in [0.15, 0.2) is 50.4 Å². The Labute approximate surface area is 150 Å². The third kappa shape index (κ3) is 4.56. The highest BCUT2D eigenvalue weighted by atomic mass is 79.9. The maximum Gasteiger partial charge on any atom is 0.275 e. The van der Waals surface area contributed by atoms with Gasteiger partial charge in [-0.3, -0.25) is 4.79 Å². The number of rotatable bonds is 5. The Kier molecular flexibility index (Phi) is 6.18. The number of carbonyl (C=O) groups excluding carboxylic acids is 1. The zero-order chi connectivity index (χ0) is 16.8. The van der Waals surface area contributed by atoms with Crippen molar-refractivity contribution in [3.8, 4) is 11.5 Å². The number of benzene rings is 2. The smallest absolute Gasteiger partial charge is 0.275 e. The fraction of sp³-hybridized carbons (Fsp3) is 0.125. The highest BCUT2D eigenvalue weighted by molar-refractivity contribution is 9.10. The SMILES string of the molecule is COc1ccc(Br)cc1/C=N\NC(=O)c1cc(Br)ccc1OC. The molecule has 0 heterocycles. The van der Waals surface area contributed by atoms with Gasteiger partial charge >= 0.3 is 0 Å². The van der Waals surface area contributed by atoms with Crippen molar-refractivity contribution in [2.24, 2.45) is 5.10 Å². The van der Waals surface area contributed by atoms with Crippen LogP contribution in [0.25, 0.3) is 0 Å². The van der Waals surface area contributed by atoms with E-state index in [1.807, 2.05) is 18.2 Å². The molecule has 0 radical (unpaired) electrons. The molecule has 0 spiro atoms. The summed E-state index contributed by atoms with van der Waals surface area (Å²) < 4.78 is 12.1. The van der Waals surface area contributed by atoms with Gasteiger partial charge in [0.2, 0.25) is 0 Å². The minimum absolute atomic E-state index is 0.367. The van der Waals surface area contributed by atoms with Gasteiger partial charge in [-0.2, -0.15) is 5.10 Å². The number of nitrogens with one attached hydrogen (secondary N) is 1. The normalized spacial score (nSPS) is 10.6. The average molecular weight is 442 g/mol. The molecule has 0 aliphatic carbocycles. The fourth-order valence-corrected chi connectivity index (χ4v) is 2.62. The maximum absolute atomic E-state index is 12.2. The number of ether oxygens (including phenoxy) is 2. The van der Waals surface area contributed by atoms with Gasteiger partial charge in [0.15, 0.2) is 0 Å². The van der Waals surface area contributed by atoms with Crippen molar-refractivity contribution in [1.82, 2.24) is 5.43 Å². The molecule has 0 fully saturated rings. The van der Waals surface area contributed by atoms with Crippen molar-refractivity contribution in [2.45, 2.75) is 0 Å². The van der Waals surface area contributed by atoms with Gasteiger partial charge in [0, 0.05) is 14.5 Å². The summed E-state index contributed by atoms with van der Waals surface area (Å²) in [5.74, 6) is 0.764. The van der Waals surface area contributed by atoms with E-state index in [-0.39, 0.29) is 5.91 Å². The van der Waals surface area contributed by atoms with Crippen LogP contribution >= 0.6 is 31.9 Å². The van der Waals surface area contributed by atoms with E-state index in [0.29, 0.717) is 17.1 Å². The lowest BCUT2D eigenvalue weighted by Gasteiger charge is -2.07. The molecule has 5 nitrogen and oxygen atoms in total. The van der Waals surface area contributed by atoms with E-state index in [1.54, 1.807) is 25.3 Å². The Morgan fingerprint density at radius 1 is 1.04 bits per heavy atom. The van der Waals surface area contributed by atoms with Crippen molar-refractivity contribution >= 4 is 44.0 Å². The van der Waals surface area contributed by atoms with Crippen LogP contribution in [0.5, 0.6) is 11.5 Å². The van der Waals surface area contributed by atoms with Crippen molar-refractivity contribution < 1.29 is 14.3 Å². The number of nitrogens with zero attached hydrogens (tertiary/aromatic N) is 1. The van der Waals surface area contributed by atoms with E-state index >= 15 is 0 Å². The monoisotopic (exact) mass is 440 g/mol. The average Bonchev–Trinajstić information content (AvgIpc) is 2.55. The lowest BCUT2D eigenvalue weighted by molar-refractivity contribution is 0.0952. The van der Waals surface area contributed by atoms with Crippen molar-refractivity contribution in [3.63, 3.8) is 0 Å². The summed E-state index contributed by atoms with van der Waals surface area (Å²) in [4.78, 5) is 12.2. The number of hydrazone groups is 1. The lowest BCUT2D eigenvalue weighted by atomic mass is 10.2. The minimum Gasteiger partial charge on any atom is -0.496 e. The Morgan fingerprint density at radius 2 is 1.65 bits per heavy atom. The summed E-state index contributed by atoms with van der Waals surface area (Å²) in [6.45, 7) is 0. The standard InChI is InChI=1S/C16H14Br2N2O3/c1-22-14-5-3-11(17)7-10(14)9-19-20-16(21)13-8-12(18)4-6-15(13)23-2/h3-9H,1-2H3,(H,20,21)/b19-9-. The van der Waals surface area contributed by atoms with Crippen LogP contribution in [0, 0.1) is 0 Å². The second-order valence-electron chi connectivity index (χ2n) is 4.43. The van der Waals surface area contributed by atoms with Gasteiger partial charge in [0.05, 0.1) is 26.0 Å². The molecule has 7 heteroatoms. The van der Waals surface area contributed by atoms with Crippen LogP contribution in [-0.4, -0.2) is 26.3 Å². The molecule has 0 bridgehead atoms. The van der Waals surface area contributed by atoms with E-state index in [0.717, 1.165) is 14.5 Å². The molecule has 2 aromatic rings. The van der Waals surface area contributed by atoms with E-state index in [9.17, 15) is 4.79 Å². The maximum atomic E-state index is 12.2. The van der Waals surface area contributed by atoms with Crippen molar-refractivity contribution in [1.29, 1.82) is 0 Å². The van der Waals surface area contributed by atoms with Crippen molar-refractivity contribution in [2.75, 3.05) is 14.2 Å². The van der Waals surface area contributed by atoms with Gasteiger partial charge in [-0.05, 0) is 36.4 Å². The van der Waals surface area contributed by atoms with E-state index < -0.39 is 0 Å². The summed E-state index contributed by atoms with van der Waals surface area (Å²) in [6.07, 6.45) is 1.52. The summed E-state index contributed by atoms with van der Waals surface area (Å²) in [5.41, 5.74) is 3.61. The quantitative estimate of drug-likeness (QED) is 0.563. The lowest BCUT2D eigenvalue weighted by Crippen LogP contribution is -2.18. The molecule has 2 aromatic carbocycles. The molecule has 1 N–H and O–H groups in total. The van der Waals surface area contributed by atoms with Crippen molar-refractivity contribution in [3.05, 3.63) is 56.5 Å². The zero-order valence-electron chi connectivity index (χ0n) is 12.5. The van der Waals surface area contributed by atoms with E-state index in [4.69, 9.17) is 9.47 Å². The van der Waals surface area contributed by atoms with Crippen LogP contribution in [0.2, 0.25) is 0 Å². The highest BCUT2D eigenvalue weighted by Gasteiger charge is 2.12. The van der Waals surface area contributed by atoms with Gasteiger partial charge in [-0.1, -0.05) is 31.9 Å². The molecule has 0 saturated carbocycles. The van der Waals surface area contributed by atoms with Crippen LogP contribution in [-0.2, 0) is 0 Å². The molecule has 0 aliphatic rings. The first kappa shape index (κ1) is 17.5.